The summed E-state index contributed by atoms with van der Waals surface area (Å²) in [5, 5.41) is 10.7. The van der Waals surface area contributed by atoms with Gasteiger partial charge in [-0.2, -0.15) is 5.26 Å². The van der Waals surface area contributed by atoms with Gasteiger partial charge in [-0.3, -0.25) is 0 Å². The lowest BCUT2D eigenvalue weighted by atomic mass is 9.82. The normalized spacial score (nSPS) is 14.3. The topological polar surface area (TPSA) is 108 Å². The molecule has 2 heterocycles. The Hall–Kier alpha value is -4.70. The molecule has 0 saturated carbocycles. The van der Waals surface area contributed by atoms with E-state index in [0.29, 0.717) is 33.8 Å². The first-order chi connectivity index (χ1) is 17.5. The van der Waals surface area contributed by atoms with Gasteiger partial charge in [-0.25, -0.2) is 4.79 Å². The van der Waals surface area contributed by atoms with Crippen molar-refractivity contribution in [3.05, 3.63) is 99.2 Å². The van der Waals surface area contributed by atoms with Crippen molar-refractivity contribution in [3.63, 3.8) is 0 Å². The van der Waals surface area contributed by atoms with Crippen LogP contribution in [0.2, 0.25) is 0 Å². The van der Waals surface area contributed by atoms with Gasteiger partial charge in [0.2, 0.25) is 5.88 Å². The number of rotatable bonds is 5. The van der Waals surface area contributed by atoms with E-state index in [1.54, 1.807) is 20.3 Å². The van der Waals surface area contributed by atoms with Crippen LogP contribution in [0.15, 0.2) is 81.3 Å². The molecule has 2 N–H and O–H groups in total. The summed E-state index contributed by atoms with van der Waals surface area (Å²) in [6, 6.07) is 20.8. The highest BCUT2D eigenvalue weighted by Gasteiger charge is 2.36. The smallest absolute Gasteiger partial charge is 0.344 e. The van der Waals surface area contributed by atoms with Crippen molar-refractivity contribution in [1.29, 1.82) is 5.26 Å². The minimum atomic E-state index is -0.778. The van der Waals surface area contributed by atoms with E-state index in [-0.39, 0.29) is 24.4 Å². The molecule has 37 heavy (non-hydrogen) atoms. The van der Waals surface area contributed by atoms with Crippen molar-refractivity contribution < 1.29 is 18.6 Å². The Bertz CT molecular complexity index is 1630. The second kappa shape index (κ2) is 10.1. The van der Waals surface area contributed by atoms with Gasteiger partial charge in [0, 0.05) is 5.56 Å². The van der Waals surface area contributed by atoms with Gasteiger partial charge in [-0.15, -0.1) is 0 Å². The molecule has 0 bridgehead atoms. The third-order valence-corrected chi connectivity index (χ3v) is 6.48. The Morgan fingerprint density at radius 1 is 1.05 bits per heavy atom. The molecule has 1 unspecified atom stereocenters. The van der Waals surface area contributed by atoms with Crippen molar-refractivity contribution in [2.24, 2.45) is 5.73 Å². The van der Waals surface area contributed by atoms with Crippen LogP contribution in [0.1, 0.15) is 37.0 Å². The summed E-state index contributed by atoms with van der Waals surface area (Å²) < 4.78 is 22.6. The first kappa shape index (κ1) is 25.4. The summed E-state index contributed by atoms with van der Waals surface area (Å²) in [5.74, 6) is 0.823. The maximum atomic E-state index is 13.3. The quantitative estimate of drug-likeness (QED) is 0.343. The van der Waals surface area contributed by atoms with Gasteiger partial charge in [0.15, 0.2) is 5.75 Å². The van der Waals surface area contributed by atoms with Crippen LogP contribution < -0.4 is 25.6 Å². The lowest BCUT2D eigenvalue weighted by molar-refractivity contribution is 0.388. The van der Waals surface area contributed by atoms with E-state index in [4.69, 9.17) is 24.4 Å². The predicted molar refractivity (Wildman–Crippen MR) is 143 cm³/mol. The van der Waals surface area contributed by atoms with Crippen LogP contribution in [-0.2, 0) is 6.42 Å². The van der Waals surface area contributed by atoms with Crippen molar-refractivity contribution in [2.45, 2.75) is 26.7 Å². The first-order valence-electron chi connectivity index (χ1n) is 11.5. The minimum Gasteiger partial charge on any atom is -0.497 e. The second-order valence-corrected chi connectivity index (χ2v) is 8.43. The maximum absolute atomic E-state index is 13.3. The number of allylic oxidation sites excluding steroid dienone is 1. The Kier molecular flexibility index (Phi) is 6.94. The summed E-state index contributed by atoms with van der Waals surface area (Å²) in [6.45, 7) is 2.04. The minimum absolute atomic E-state index is 0. The fourth-order valence-corrected chi connectivity index (χ4v) is 4.64. The number of methoxy groups -OCH3 is 2. The Balaban J connectivity index is 0.00000320. The van der Waals surface area contributed by atoms with Crippen LogP contribution >= 0.6 is 0 Å². The molecule has 0 aliphatic carbocycles. The van der Waals surface area contributed by atoms with Crippen LogP contribution in [0.4, 0.5) is 0 Å². The lowest BCUT2D eigenvalue weighted by Crippen LogP contribution is -2.26. The van der Waals surface area contributed by atoms with Gasteiger partial charge in [0.25, 0.3) is 0 Å². The van der Waals surface area contributed by atoms with Gasteiger partial charge in [-0.05, 0) is 59.5 Å². The van der Waals surface area contributed by atoms with Crippen LogP contribution in [0.25, 0.3) is 22.1 Å². The molecule has 5 rings (SSSR count). The van der Waals surface area contributed by atoms with E-state index in [2.05, 4.69) is 6.07 Å². The maximum Gasteiger partial charge on any atom is 0.344 e. The fraction of sp³-hybridized carbons (Fsp3) is 0.200. The Labute approximate surface area is 215 Å². The average Bonchev–Trinajstić information content (AvgIpc) is 2.91. The van der Waals surface area contributed by atoms with E-state index in [9.17, 15) is 10.1 Å². The molecular formula is C30H28N2O5. The summed E-state index contributed by atoms with van der Waals surface area (Å²) in [4.78, 5) is 13.3. The lowest BCUT2D eigenvalue weighted by Gasteiger charge is -2.26. The molecule has 1 aliphatic heterocycles. The highest BCUT2D eigenvalue weighted by Crippen LogP contribution is 2.45. The monoisotopic (exact) mass is 496 g/mol. The van der Waals surface area contributed by atoms with E-state index < -0.39 is 11.5 Å². The highest BCUT2D eigenvalue weighted by atomic mass is 16.5. The largest absolute Gasteiger partial charge is 0.497 e. The summed E-state index contributed by atoms with van der Waals surface area (Å²) in [6.07, 6.45) is 0.796. The molecule has 0 fully saturated rings. The zero-order valence-corrected chi connectivity index (χ0v) is 20.1. The SMILES string of the molecule is C.CCc1ccc2oc(=O)c3c(c2c1)OC(N)=C(C#N)C3c1ccc(OC)c(-c2cccc(OC)c2)c1. The molecule has 188 valence electrons. The average molecular weight is 497 g/mol. The van der Waals surface area contributed by atoms with E-state index in [0.717, 1.165) is 23.1 Å². The molecule has 0 amide bonds. The van der Waals surface area contributed by atoms with Crippen LogP contribution in [0, 0.1) is 11.3 Å². The third-order valence-electron chi connectivity index (χ3n) is 6.48. The molecule has 0 spiro atoms. The third kappa shape index (κ3) is 4.27. The van der Waals surface area contributed by atoms with Gasteiger partial charge in [0.1, 0.15) is 28.7 Å². The van der Waals surface area contributed by atoms with E-state index >= 15 is 0 Å². The van der Waals surface area contributed by atoms with Crippen molar-refractivity contribution >= 4 is 11.0 Å². The molecule has 7 heteroatoms. The molecule has 3 aromatic carbocycles. The number of nitrogens with zero attached hydrogens (tertiary/aromatic N) is 1. The highest BCUT2D eigenvalue weighted by molar-refractivity contribution is 5.87. The Morgan fingerprint density at radius 3 is 2.57 bits per heavy atom. The first-order valence-corrected chi connectivity index (χ1v) is 11.5. The Morgan fingerprint density at radius 2 is 1.86 bits per heavy atom. The fourth-order valence-electron chi connectivity index (χ4n) is 4.64. The zero-order chi connectivity index (χ0) is 25.4. The standard InChI is InChI=1S/C29H24N2O5.CH4/c1-4-16-8-10-24-21(12-16)27-26(29(32)35-24)25(22(15-30)28(31)36-27)18-9-11-23(34-3)20(14-18)17-6-5-7-19(13-17)33-2;/h5-14,25H,4,31H2,1-3H3;1H4. The van der Waals surface area contributed by atoms with Crippen LogP contribution in [-0.4, -0.2) is 14.2 Å². The summed E-state index contributed by atoms with van der Waals surface area (Å²) in [5.41, 5.74) is 9.81. The van der Waals surface area contributed by atoms with E-state index in [1.165, 1.54) is 0 Å². The summed E-state index contributed by atoms with van der Waals surface area (Å²) in [7, 11) is 3.19. The molecule has 1 atom stereocenters. The van der Waals surface area contributed by atoms with Gasteiger partial charge < -0.3 is 24.4 Å². The number of fused-ring (bicyclic) bond motifs is 3. The number of ether oxygens (including phenoxy) is 3. The molecule has 1 aliphatic rings. The van der Waals surface area contributed by atoms with Crippen LogP contribution in [0.3, 0.4) is 0 Å². The van der Waals surface area contributed by atoms with Gasteiger partial charge >= 0.3 is 5.63 Å². The number of aryl methyl sites for hydroxylation is 1. The number of nitriles is 1. The molecule has 1 aromatic heterocycles. The van der Waals surface area contributed by atoms with Crippen molar-refractivity contribution in [3.8, 4) is 34.4 Å². The molecule has 7 nitrogen and oxygen atoms in total. The molecule has 0 saturated heterocycles. The van der Waals surface area contributed by atoms with Gasteiger partial charge in [-0.1, -0.05) is 38.6 Å². The molecule has 4 aromatic rings. The summed E-state index contributed by atoms with van der Waals surface area (Å²) >= 11 is 0. The number of hydrogen-bond donors (Lipinski definition) is 1. The molecular weight excluding hydrogens is 468 g/mol. The van der Waals surface area contributed by atoms with Crippen molar-refractivity contribution in [1.82, 2.24) is 0 Å². The van der Waals surface area contributed by atoms with E-state index in [1.807, 2.05) is 61.5 Å². The van der Waals surface area contributed by atoms with Gasteiger partial charge in [0.05, 0.1) is 31.1 Å². The van der Waals surface area contributed by atoms with Crippen molar-refractivity contribution in [2.75, 3.05) is 14.2 Å². The second-order valence-electron chi connectivity index (χ2n) is 8.43. The zero-order valence-electron chi connectivity index (χ0n) is 20.1. The number of nitrogens with two attached hydrogens (primary N) is 1. The molecule has 0 radical (unpaired) electrons. The predicted octanol–water partition coefficient (Wildman–Crippen LogP) is 5.89. The number of benzene rings is 3. The number of hydrogen-bond acceptors (Lipinski definition) is 7. The van der Waals surface area contributed by atoms with Crippen LogP contribution in [0.5, 0.6) is 17.2 Å².